The molecule has 1 saturated carbocycles. The summed E-state index contributed by atoms with van der Waals surface area (Å²) in [5, 5.41) is 1.03. The molecule has 8 heteroatoms. The van der Waals surface area contributed by atoms with E-state index < -0.39 is 0 Å². The molecule has 3 aromatic heterocycles. The van der Waals surface area contributed by atoms with E-state index in [4.69, 9.17) is 4.42 Å². The van der Waals surface area contributed by atoms with Crippen molar-refractivity contribution in [2.45, 2.75) is 31.7 Å². The number of oxazole rings is 1. The van der Waals surface area contributed by atoms with Crippen LogP contribution in [0.1, 0.15) is 30.7 Å². The van der Waals surface area contributed by atoms with Crippen molar-refractivity contribution in [1.82, 2.24) is 24.8 Å². The summed E-state index contributed by atoms with van der Waals surface area (Å²) in [5.41, 5.74) is 1.96. The maximum Gasteiger partial charge on any atom is 0.184 e. The molecule has 1 aliphatic carbocycles. The molecule has 1 N–H and O–H groups in total. The first-order chi connectivity index (χ1) is 13.2. The molecular weight excluding hydrogens is 344 g/mol. The Morgan fingerprint density at radius 1 is 1.30 bits per heavy atom. The van der Waals surface area contributed by atoms with Crippen molar-refractivity contribution in [2.24, 2.45) is 0 Å². The lowest BCUT2D eigenvalue weighted by Gasteiger charge is -2.33. The van der Waals surface area contributed by atoms with E-state index in [-0.39, 0.29) is 5.54 Å². The zero-order valence-electron chi connectivity index (χ0n) is 15.1. The van der Waals surface area contributed by atoms with Gasteiger partial charge in [-0.3, -0.25) is 0 Å². The van der Waals surface area contributed by atoms with Crippen LogP contribution in [0, 0.1) is 6.92 Å². The lowest BCUT2D eigenvalue weighted by molar-refractivity contribution is 0.287. The van der Waals surface area contributed by atoms with Crippen LogP contribution in [0.2, 0.25) is 0 Å². The summed E-state index contributed by atoms with van der Waals surface area (Å²) in [4.78, 5) is 32.5. The molecule has 27 heavy (non-hydrogen) atoms. The monoisotopic (exact) mass is 364 g/mol. The van der Waals surface area contributed by atoms with Gasteiger partial charge in [0.15, 0.2) is 23.8 Å². The Labute approximate surface area is 155 Å². The fourth-order valence-electron chi connectivity index (χ4n) is 4.14. The molecule has 5 rings (SSSR count). The number of anilines is 1. The van der Waals surface area contributed by atoms with Gasteiger partial charge in [-0.2, -0.15) is 0 Å². The molecule has 0 atom stereocenters. The van der Waals surface area contributed by atoms with Gasteiger partial charge in [0.25, 0.3) is 0 Å². The van der Waals surface area contributed by atoms with Crippen molar-refractivity contribution in [3.63, 3.8) is 0 Å². The molecule has 2 fully saturated rings. The second kappa shape index (κ2) is 5.96. The Balaban J connectivity index is 1.50. The van der Waals surface area contributed by atoms with Gasteiger partial charge in [-0.1, -0.05) is 0 Å². The number of H-pyrrole nitrogens is 1. The molecule has 2 aliphatic rings. The van der Waals surface area contributed by atoms with E-state index in [0.29, 0.717) is 11.5 Å². The SMILES string of the molecule is Cc1ncoc1C(=C=O)N1CCCN(c2ncnc3[nH]ccc23)CC12CC2. The lowest BCUT2D eigenvalue weighted by Crippen LogP contribution is -2.42. The van der Waals surface area contributed by atoms with Crippen LogP contribution in [0.25, 0.3) is 16.7 Å². The van der Waals surface area contributed by atoms with Gasteiger partial charge < -0.3 is 19.2 Å². The zero-order valence-corrected chi connectivity index (χ0v) is 15.1. The average Bonchev–Trinajstić information content (AvgIpc) is 3.14. The van der Waals surface area contributed by atoms with Crippen molar-refractivity contribution in [1.29, 1.82) is 0 Å². The molecule has 3 aromatic rings. The van der Waals surface area contributed by atoms with Crippen molar-refractivity contribution < 1.29 is 9.21 Å². The van der Waals surface area contributed by atoms with Crippen molar-refractivity contribution in [3.05, 3.63) is 36.4 Å². The van der Waals surface area contributed by atoms with E-state index in [1.54, 1.807) is 6.33 Å². The van der Waals surface area contributed by atoms with Crippen molar-refractivity contribution in [3.8, 4) is 0 Å². The van der Waals surface area contributed by atoms with Gasteiger partial charge in [0.1, 0.15) is 17.8 Å². The van der Waals surface area contributed by atoms with Crippen LogP contribution in [0.5, 0.6) is 0 Å². The quantitative estimate of drug-likeness (QED) is 0.712. The number of aryl methyl sites for hydroxylation is 1. The second-order valence-electron chi connectivity index (χ2n) is 7.31. The Hall–Kier alpha value is -3.12. The van der Waals surface area contributed by atoms with Crippen molar-refractivity contribution >= 4 is 28.5 Å². The summed E-state index contributed by atoms with van der Waals surface area (Å²) < 4.78 is 5.50. The van der Waals surface area contributed by atoms with Crippen LogP contribution in [0.3, 0.4) is 0 Å². The van der Waals surface area contributed by atoms with Crippen LogP contribution in [0.4, 0.5) is 5.82 Å². The van der Waals surface area contributed by atoms with E-state index >= 15 is 0 Å². The molecular formula is C19H20N6O2. The standard InChI is InChI=1S/C19H20N6O2/c1-13-16(27-12-23-13)15(9-26)25-8-2-7-24(10-19(25)4-5-19)18-14-3-6-20-17(14)21-11-22-18/h3,6,11-12H,2,4-5,7-8,10H2,1H3,(H,20,21,22). The second-order valence-corrected chi connectivity index (χ2v) is 7.31. The number of aromatic amines is 1. The number of carbonyl (C=O) groups excluding carboxylic acids is 1. The molecule has 0 aromatic carbocycles. The molecule has 0 amide bonds. The molecule has 0 bridgehead atoms. The molecule has 1 saturated heterocycles. The van der Waals surface area contributed by atoms with Gasteiger partial charge in [-0.25, -0.2) is 19.7 Å². The maximum atomic E-state index is 11.8. The van der Waals surface area contributed by atoms with E-state index in [2.05, 4.69) is 35.7 Å². The average molecular weight is 364 g/mol. The molecule has 1 spiro atoms. The lowest BCUT2D eigenvalue weighted by atomic mass is 10.1. The highest BCUT2D eigenvalue weighted by Crippen LogP contribution is 2.48. The van der Waals surface area contributed by atoms with Crippen LogP contribution >= 0.6 is 0 Å². The first kappa shape index (κ1) is 16.1. The number of rotatable bonds is 3. The highest BCUT2D eigenvalue weighted by molar-refractivity contribution is 5.88. The largest absolute Gasteiger partial charge is 0.441 e. The highest BCUT2D eigenvalue weighted by atomic mass is 16.3. The molecule has 1 aliphatic heterocycles. The Morgan fingerprint density at radius 2 is 2.19 bits per heavy atom. The fourth-order valence-corrected chi connectivity index (χ4v) is 4.14. The normalized spacial score (nSPS) is 18.6. The number of nitrogens with one attached hydrogen (secondary N) is 1. The Kier molecular flexibility index (Phi) is 3.55. The summed E-state index contributed by atoms with van der Waals surface area (Å²) in [7, 11) is 0. The number of aromatic nitrogens is 4. The Bertz CT molecular complexity index is 1040. The minimum absolute atomic E-state index is 0.0872. The third-order valence-electron chi connectivity index (χ3n) is 5.65. The first-order valence-electron chi connectivity index (χ1n) is 9.18. The molecule has 138 valence electrons. The molecule has 4 heterocycles. The van der Waals surface area contributed by atoms with E-state index in [0.717, 1.165) is 61.4 Å². The summed E-state index contributed by atoms with van der Waals surface area (Å²) in [5.74, 6) is 3.60. The van der Waals surface area contributed by atoms with Crippen LogP contribution in [0.15, 0.2) is 29.4 Å². The smallest absolute Gasteiger partial charge is 0.184 e. The topological polar surface area (TPSA) is 91.2 Å². The van der Waals surface area contributed by atoms with Crippen LogP contribution in [-0.4, -0.2) is 56.0 Å². The number of hydrogen-bond acceptors (Lipinski definition) is 7. The van der Waals surface area contributed by atoms with Crippen LogP contribution < -0.4 is 4.90 Å². The van der Waals surface area contributed by atoms with Crippen molar-refractivity contribution in [2.75, 3.05) is 24.5 Å². The van der Waals surface area contributed by atoms with Gasteiger partial charge in [0, 0.05) is 25.8 Å². The first-order valence-corrected chi connectivity index (χ1v) is 9.18. The van der Waals surface area contributed by atoms with Gasteiger partial charge in [-0.05, 0) is 32.3 Å². The predicted molar refractivity (Wildman–Crippen MR) is 99.7 cm³/mol. The number of nitrogens with zero attached hydrogens (tertiary/aromatic N) is 5. The minimum Gasteiger partial charge on any atom is -0.441 e. The van der Waals surface area contributed by atoms with Crippen LogP contribution in [-0.2, 0) is 4.79 Å². The van der Waals surface area contributed by atoms with E-state index in [1.165, 1.54) is 6.39 Å². The Morgan fingerprint density at radius 3 is 2.93 bits per heavy atom. The van der Waals surface area contributed by atoms with E-state index in [9.17, 15) is 4.79 Å². The number of fused-ring (bicyclic) bond motifs is 1. The van der Waals surface area contributed by atoms with Gasteiger partial charge in [0.2, 0.25) is 0 Å². The summed E-state index contributed by atoms with van der Waals surface area (Å²) >= 11 is 0. The summed E-state index contributed by atoms with van der Waals surface area (Å²) in [6.45, 7) is 4.31. The summed E-state index contributed by atoms with van der Waals surface area (Å²) in [6, 6.07) is 2.02. The number of hydrogen-bond donors (Lipinski definition) is 1. The molecule has 0 radical (unpaired) electrons. The highest BCUT2D eigenvalue weighted by Gasteiger charge is 2.52. The predicted octanol–water partition coefficient (Wildman–Crippen LogP) is 2.17. The van der Waals surface area contributed by atoms with E-state index in [1.807, 2.05) is 19.2 Å². The fraction of sp³-hybridized carbons (Fsp3) is 0.421. The minimum atomic E-state index is -0.0872. The van der Waals surface area contributed by atoms with Gasteiger partial charge in [-0.15, -0.1) is 0 Å². The summed E-state index contributed by atoms with van der Waals surface area (Å²) in [6.07, 6.45) is 7.85. The maximum absolute atomic E-state index is 11.8. The van der Waals surface area contributed by atoms with Gasteiger partial charge in [0.05, 0.1) is 16.6 Å². The third-order valence-corrected chi connectivity index (χ3v) is 5.65. The third kappa shape index (κ3) is 2.52. The van der Waals surface area contributed by atoms with Gasteiger partial charge >= 0.3 is 0 Å². The zero-order chi connectivity index (χ0) is 18.4. The molecule has 0 unspecified atom stereocenters. The molecule has 8 nitrogen and oxygen atoms in total.